The highest BCUT2D eigenvalue weighted by Crippen LogP contribution is 2.25. The third-order valence-corrected chi connectivity index (χ3v) is 5.47. The van der Waals surface area contributed by atoms with Crippen LogP contribution in [0.25, 0.3) is 11.3 Å². The van der Waals surface area contributed by atoms with Gasteiger partial charge in [0.2, 0.25) is 0 Å². The monoisotopic (exact) mass is 445 g/mol. The first-order chi connectivity index (χ1) is 15.9. The zero-order chi connectivity index (χ0) is 23.4. The number of nitrogens with one attached hydrogen (secondary N) is 3. The van der Waals surface area contributed by atoms with Gasteiger partial charge in [-0.3, -0.25) is 0 Å². The van der Waals surface area contributed by atoms with Crippen LogP contribution >= 0.6 is 0 Å². The van der Waals surface area contributed by atoms with Crippen LogP contribution in [0, 0.1) is 20.8 Å². The van der Waals surface area contributed by atoms with Crippen molar-refractivity contribution in [3.63, 3.8) is 0 Å². The number of aryl methyl sites for hydroxylation is 3. The zero-order valence-corrected chi connectivity index (χ0v) is 18.8. The van der Waals surface area contributed by atoms with Crippen LogP contribution in [0.1, 0.15) is 27.9 Å². The number of nitrogens with zero attached hydrogens (tertiary/aromatic N) is 2. The Kier molecular flexibility index (Phi) is 6.44. The first-order valence-electron chi connectivity index (χ1n) is 10.7. The van der Waals surface area contributed by atoms with E-state index in [0.29, 0.717) is 24.7 Å². The molecule has 1 atom stereocenters. The molecule has 0 fully saturated rings. The number of aromatic nitrogens is 3. The summed E-state index contributed by atoms with van der Waals surface area (Å²) in [7, 11) is 0. The van der Waals surface area contributed by atoms with Crippen molar-refractivity contribution in [3.05, 3.63) is 82.8 Å². The molecule has 4 aromatic rings. The van der Waals surface area contributed by atoms with Gasteiger partial charge in [-0.1, -0.05) is 47.1 Å². The maximum absolute atomic E-state index is 11.9. The van der Waals surface area contributed by atoms with E-state index < -0.39 is 12.0 Å². The van der Waals surface area contributed by atoms with E-state index in [1.807, 2.05) is 51.1 Å². The van der Waals surface area contributed by atoms with Crippen LogP contribution in [-0.4, -0.2) is 32.2 Å². The number of aliphatic carboxylic acids is 1. The smallest absolute Gasteiger partial charge is 0.326 e. The third-order valence-electron chi connectivity index (χ3n) is 5.47. The van der Waals surface area contributed by atoms with Gasteiger partial charge in [0.05, 0.1) is 6.54 Å². The molecular weight excluding hydrogens is 418 g/mol. The normalized spacial score (nSPS) is 11.8. The minimum absolute atomic E-state index is 0.358. The molecule has 4 N–H and O–H groups in total. The van der Waals surface area contributed by atoms with Gasteiger partial charge in [-0.05, 0) is 37.5 Å². The maximum atomic E-state index is 11.9. The van der Waals surface area contributed by atoms with Crippen LogP contribution in [0.3, 0.4) is 0 Å². The Balaban J connectivity index is 1.42. The first kappa shape index (κ1) is 22.1. The predicted molar refractivity (Wildman–Crippen MR) is 127 cm³/mol. The fourth-order valence-corrected chi connectivity index (χ4v) is 3.89. The number of anilines is 2. The molecule has 0 radical (unpaired) electrons. The zero-order valence-electron chi connectivity index (χ0n) is 18.8. The van der Waals surface area contributed by atoms with Gasteiger partial charge in [-0.2, -0.15) is 0 Å². The van der Waals surface area contributed by atoms with Gasteiger partial charge in [0.1, 0.15) is 11.7 Å². The van der Waals surface area contributed by atoms with Crippen LogP contribution in [0.2, 0.25) is 0 Å². The molecule has 2 heterocycles. The van der Waals surface area contributed by atoms with Crippen molar-refractivity contribution in [2.24, 2.45) is 0 Å². The summed E-state index contributed by atoms with van der Waals surface area (Å²) < 4.78 is 5.47. The van der Waals surface area contributed by atoms with E-state index in [1.165, 1.54) is 0 Å². The number of hydrogen-bond acceptors (Lipinski definition) is 6. The van der Waals surface area contributed by atoms with E-state index in [9.17, 15) is 9.90 Å². The SMILES string of the molecule is Cc1cc(C)c(NC(Cc2ccc(-c3cc(CNc4ncc[nH]4)no3)cc2)C(=O)O)c(C)c1. The molecule has 0 spiro atoms. The molecule has 33 heavy (non-hydrogen) atoms. The highest BCUT2D eigenvalue weighted by molar-refractivity contribution is 5.79. The van der Waals surface area contributed by atoms with Crippen molar-refractivity contribution >= 4 is 17.6 Å². The van der Waals surface area contributed by atoms with Gasteiger partial charge < -0.3 is 25.2 Å². The number of carboxylic acids is 1. The number of carboxylic acid groups (broad SMARTS) is 1. The van der Waals surface area contributed by atoms with Gasteiger partial charge in [0.25, 0.3) is 0 Å². The Labute approximate surface area is 192 Å². The maximum Gasteiger partial charge on any atom is 0.326 e. The molecule has 8 nitrogen and oxygen atoms in total. The summed E-state index contributed by atoms with van der Waals surface area (Å²) in [6.07, 6.45) is 3.77. The summed E-state index contributed by atoms with van der Waals surface area (Å²) in [5.41, 5.74) is 6.66. The van der Waals surface area contributed by atoms with Crippen molar-refractivity contribution in [1.82, 2.24) is 15.1 Å². The molecule has 0 saturated heterocycles. The van der Waals surface area contributed by atoms with Gasteiger partial charge in [-0.25, -0.2) is 9.78 Å². The molecule has 170 valence electrons. The number of imidazole rings is 1. The molecule has 0 bridgehead atoms. The van der Waals surface area contributed by atoms with E-state index >= 15 is 0 Å². The molecule has 4 rings (SSSR count). The van der Waals surface area contributed by atoms with E-state index in [-0.39, 0.29) is 0 Å². The van der Waals surface area contributed by atoms with Crippen molar-refractivity contribution in [1.29, 1.82) is 0 Å². The Morgan fingerprint density at radius 1 is 1.12 bits per heavy atom. The fourth-order valence-electron chi connectivity index (χ4n) is 3.89. The lowest BCUT2D eigenvalue weighted by Gasteiger charge is -2.20. The average Bonchev–Trinajstić information content (AvgIpc) is 3.46. The molecule has 8 heteroatoms. The summed E-state index contributed by atoms with van der Waals surface area (Å²) in [5.74, 6) is 0.431. The van der Waals surface area contributed by atoms with Crippen LogP contribution in [-0.2, 0) is 17.8 Å². The summed E-state index contributed by atoms with van der Waals surface area (Å²) in [4.78, 5) is 19.0. The lowest BCUT2D eigenvalue weighted by atomic mass is 10.0. The molecule has 1 unspecified atom stereocenters. The fraction of sp³-hybridized carbons (Fsp3) is 0.240. The Morgan fingerprint density at radius 3 is 2.48 bits per heavy atom. The average molecular weight is 446 g/mol. The quantitative estimate of drug-likeness (QED) is 0.295. The van der Waals surface area contributed by atoms with Crippen molar-refractivity contribution in [2.45, 2.75) is 39.8 Å². The minimum Gasteiger partial charge on any atom is -0.480 e. The van der Waals surface area contributed by atoms with Crippen LogP contribution in [0.15, 0.2) is 59.4 Å². The van der Waals surface area contributed by atoms with E-state index in [2.05, 4.69) is 37.9 Å². The summed E-state index contributed by atoms with van der Waals surface area (Å²) in [5, 5.41) is 20.2. The lowest BCUT2D eigenvalue weighted by Crippen LogP contribution is -2.32. The van der Waals surface area contributed by atoms with E-state index in [1.54, 1.807) is 12.4 Å². The Bertz CT molecular complexity index is 1210. The number of benzene rings is 2. The highest BCUT2D eigenvalue weighted by atomic mass is 16.5. The topological polar surface area (TPSA) is 116 Å². The van der Waals surface area contributed by atoms with Crippen molar-refractivity contribution in [3.8, 4) is 11.3 Å². The number of H-pyrrole nitrogens is 1. The summed E-state index contributed by atoms with van der Waals surface area (Å²) in [6, 6.07) is 12.9. The second kappa shape index (κ2) is 9.60. The largest absolute Gasteiger partial charge is 0.480 e. The standard InChI is InChI=1S/C25H27N5O3/c1-15-10-16(2)23(17(3)11-15)29-21(24(31)32)12-18-4-6-19(7-5-18)22-13-20(30-33-22)14-28-25-26-8-9-27-25/h4-11,13,21,29H,12,14H2,1-3H3,(H,31,32)(H2,26,27,28). The van der Waals surface area contributed by atoms with Gasteiger partial charge in [0.15, 0.2) is 11.7 Å². The summed E-state index contributed by atoms with van der Waals surface area (Å²) in [6.45, 7) is 6.50. The Hall–Kier alpha value is -4.07. The van der Waals surface area contributed by atoms with Crippen molar-refractivity contribution < 1.29 is 14.4 Å². The molecule has 0 aliphatic rings. The lowest BCUT2D eigenvalue weighted by molar-refractivity contribution is -0.137. The number of aromatic amines is 1. The molecule has 0 saturated carbocycles. The van der Waals surface area contributed by atoms with Crippen LogP contribution in [0.5, 0.6) is 0 Å². The predicted octanol–water partition coefficient (Wildman–Crippen LogP) is 4.71. The van der Waals surface area contributed by atoms with Gasteiger partial charge in [-0.15, -0.1) is 0 Å². The summed E-state index contributed by atoms with van der Waals surface area (Å²) >= 11 is 0. The van der Waals surface area contributed by atoms with Crippen LogP contribution < -0.4 is 10.6 Å². The minimum atomic E-state index is -0.887. The molecule has 2 aromatic heterocycles. The highest BCUT2D eigenvalue weighted by Gasteiger charge is 2.20. The molecule has 0 amide bonds. The number of carbonyl (C=O) groups is 1. The molecule has 0 aliphatic carbocycles. The van der Waals surface area contributed by atoms with E-state index in [0.717, 1.165) is 39.2 Å². The van der Waals surface area contributed by atoms with Crippen LogP contribution in [0.4, 0.5) is 11.6 Å². The molecule has 0 aliphatic heterocycles. The second-order valence-electron chi connectivity index (χ2n) is 8.18. The number of hydrogen-bond donors (Lipinski definition) is 4. The second-order valence-corrected chi connectivity index (χ2v) is 8.18. The first-order valence-corrected chi connectivity index (χ1v) is 10.7. The third kappa shape index (κ3) is 5.41. The van der Waals surface area contributed by atoms with Gasteiger partial charge in [0, 0.05) is 36.1 Å². The molecular formula is C25H27N5O3. The van der Waals surface area contributed by atoms with Crippen molar-refractivity contribution in [2.75, 3.05) is 10.6 Å². The Morgan fingerprint density at radius 2 is 1.85 bits per heavy atom. The van der Waals surface area contributed by atoms with E-state index in [4.69, 9.17) is 4.52 Å². The van der Waals surface area contributed by atoms with Gasteiger partial charge >= 0.3 is 5.97 Å². The molecule has 2 aromatic carbocycles. The number of rotatable bonds is 9.